The van der Waals surface area contributed by atoms with Gasteiger partial charge in [-0.2, -0.15) is 0 Å². The molecule has 1 amide bonds. The number of furan rings is 1. The molecule has 1 fully saturated rings. The highest BCUT2D eigenvalue weighted by atomic mass is 16.4. The molecule has 1 aliphatic heterocycles. The predicted molar refractivity (Wildman–Crippen MR) is 68.0 cm³/mol. The van der Waals surface area contributed by atoms with Crippen molar-refractivity contribution in [3.8, 4) is 0 Å². The summed E-state index contributed by atoms with van der Waals surface area (Å²) in [5, 5.41) is 8.78. The van der Waals surface area contributed by atoms with E-state index in [1.165, 1.54) is 6.26 Å². The lowest BCUT2D eigenvalue weighted by Gasteiger charge is -2.20. The Kier molecular flexibility index (Phi) is 4.21. The lowest BCUT2D eigenvalue weighted by molar-refractivity contribution is -0.138. The zero-order valence-corrected chi connectivity index (χ0v) is 11.0. The Morgan fingerprint density at radius 1 is 1.32 bits per heavy atom. The topological polar surface area (TPSA) is 74.0 Å². The summed E-state index contributed by atoms with van der Waals surface area (Å²) in [5.41, 5.74) is 0.559. The van der Waals surface area contributed by atoms with Crippen LogP contribution in [0.5, 0.6) is 0 Å². The first-order valence-corrected chi connectivity index (χ1v) is 6.35. The van der Waals surface area contributed by atoms with Gasteiger partial charge in [0, 0.05) is 26.2 Å². The fourth-order valence-electron chi connectivity index (χ4n) is 2.26. The molecule has 2 rings (SSSR count). The first-order valence-electron chi connectivity index (χ1n) is 6.35. The minimum atomic E-state index is -0.828. The van der Waals surface area contributed by atoms with Gasteiger partial charge in [0.15, 0.2) is 0 Å². The highest BCUT2D eigenvalue weighted by Crippen LogP contribution is 2.12. The van der Waals surface area contributed by atoms with Gasteiger partial charge in [0.1, 0.15) is 12.0 Å². The number of carboxylic acids is 1. The van der Waals surface area contributed by atoms with E-state index in [-0.39, 0.29) is 12.5 Å². The Balaban J connectivity index is 1.95. The van der Waals surface area contributed by atoms with Crippen molar-refractivity contribution >= 4 is 11.9 Å². The molecule has 0 bridgehead atoms. The van der Waals surface area contributed by atoms with E-state index in [9.17, 15) is 9.59 Å². The van der Waals surface area contributed by atoms with E-state index < -0.39 is 5.97 Å². The van der Waals surface area contributed by atoms with Crippen LogP contribution in [0.1, 0.15) is 22.5 Å². The minimum Gasteiger partial charge on any atom is -0.480 e. The molecule has 1 N–H and O–H groups in total. The maximum Gasteiger partial charge on any atom is 0.317 e. The Labute approximate surface area is 111 Å². The van der Waals surface area contributed by atoms with Gasteiger partial charge in [0.2, 0.25) is 0 Å². The van der Waals surface area contributed by atoms with Gasteiger partial charge >= 0.3 is 5.97 Å². The summed E-state index contributed by atoms with van der Waals surface area (Å²) in [6.07, 6.45) is 2.26. The smallest absolute Gasteiger partial charge is 0.317 e. The first-order chi connectivity index (χ1) is 9.06. The van der Waals surface area contributed by atoms with E-state index >= 15 is 0 Å². The Bertz CT molecular complexity index is 469. The largest absolute Gasteiger partial charge is 0.480 e. The zero-order chi connectivity index (χ0) is 13.8. The van der Waals surface area contributed by atoms with E-state index in [1.54, 1.807) is 17.9 Å². The van der Waals surface area contributed by atoms with Gasteiger partial charge in [-0.1, -0.05) is 0 Å². The van der Waals surface area contributed by atoms with E-state index in [0.717, 1.165) is 6.42 Å². The summed E-state index contributed by atoms with van der Waals surface area (Å²) in [4.78, 5) is 26.5. The molecule has 0 atom stereocenters. The van der Waals surface area contributed by atoms with Crippen LogP contribution in [0, 0.1) is 6.92 Å². The van der Waals surface area contributed by atoms with Gasteiger partial charge in [-0.25, -0.2) is 0 Å². The second-order valence-electron chi connectivity index (χ2n) is 4.76. The molecule has 0 radical (unpaired) electrons. The third kappa shape index (κ3) is 3.57. The lowest BCUT2D eigenvalue weighted by atomic mass is 10.2. The number of carboxylic acid groups (broad SMARTS) is 1. The van der Waals surface area contributed by atoms with E-state index in [0.29, 0.717) is 37.5 Å². The number of carbonyl (C=O) groups is 2. The number of amides is 1. The average Bonchev–Trinajstić information content (AvgIpc) is 2.65. The highest BCUT2D eigenvalue weighted by molar-refractivity contribution is 5.94. The standard InChI is InChI=1S/C13H18N2O4/c1-10-7-11(9-19-10)13(18)15-4-2-3-14(5-6-15)8-12(16)17/h7,9H,2-6,8H2,1H3,(H,16,17). The fourth-order valence-corrected chi connectivity index (χ4v) is 2.26. The number of aliphatic carboxylic acids is 1. The number of nitrogens with zero attached hydrogens (tertiary/aromatic N) is 2. The van der Waals surface area contributed by atoms with E-state index in [4.69, 9.17) is 9.52 Å². The van der Waals surface area contributed by atoms with Crippen LogP contribution in [0.2, 0.25) is 0 Å². The molecular formula is C13H18N2O4. The van der Waals surface area contributed by atoms with Crippen molar-refractivity contribution in [3.05, 3.63) is 23.7 Å². The van der Waals surface area contributed by atoms with Crippen LogP contribution in [0.15, 0.2) is 16.7 Å². The van der Waals surface area contributed by atoms with Crippen molar-refractivity contribution in [2.75, 3.05) is 32.7 Å². The predicted octanol–water partition coefficient (Wildman–Crippen LogP) is 0.821. The first kappa shape index (κ1) is 13.6. The monoisotopic (exact) mass is 266 g/mol. The molecule has 0 aromatic carbocycles. The van der Waals surface area contributed by atoms with Gasteiger partial charge in [-0.3, -0.25) is 14.5 Å². The third-order valence-corrected chi connectivity index (χ3v) is 3.21. The molecular weight excluding hydrogens is 248 g/mol. The molecule has 1 saturated heterocycles. The summed E-state index contributed by atoms with van der Waals surface area (Å²) in [6, 6.07) is 1.72. The number of hydrogen-bond acceptors (Lipinski definition) is 4. The molecule has 0 aliphatic carbocycles. The van der Waals surface area contributed by atoms with Crippen molar-refractivity contribution < 1.29 is 19.1 Å². The summed E-state index contributed by atoms with van der Waals surface area (Å²) in [7, 11) is 0. The molecule has 6 nitrogen and oxygen atoms in total. The normalized spacial score (nSPS) is 17.2. The summed E-state index contributed by atoms with van der Waals surface area (Å²) in [5.74, 6) is -0.162. The van der Waals surface area contributed by atoms with Crippen LogP contribution in [0.4, 0.5) is 0 Å². The average molecular weight is 266 g/mol. The second kappa shape index (κ2) is 5.88. The van der Waals surface area contributed by atoms with Crippen LogP contribution in [0.25, 0.3) is 0 Å². The summed E-state index contributed by atoms with van der Waals surface area (Å²) < 4.78 is 5.15. The molecule has 0 saturated carbocycles. The summed E-state index contributed by atoms with van der Waals surface area (Å²) in [6.45, 7) is 4.34. The molecule has 1 aliphatic rings. The molecule has 2 heterocycles. The third-order valence-electron chi connectivity index (χ3n) is 3.21. The molecule has 104 valence electrons. The van der Waals surface area contributed by atoms with Crippen molar-refractivity contribution in [1.82, 2.24) is 9.80 Å². The number of aryl methyl sites for hydroxylation is 1. The molecule has 1 aromatic heterocycles. The fraction of sp³-hybridized carbons (Fsp3) is 0.538. The van der Waals surface area contributed by atoms with Gasteiger partial charge in [-0.15, -0.1) is 0 Å². The van der Waals surface area contributed by atoms with Crippen LogP contribution in [0.3, 0.4) is 0 Å². The quantitative estimate of drug-likeness (QED) is 0.876. The second-order valence-corrected chi connectivity index (χ2v) is 4.76. The van der Waals surface area contributed by atoms with Crippen LogP contribution in [-0.2, 0) is 4.79 Å². The molecule has 0 unspecified atom stereocenters. The van der Waals surface area contributed by atoms with E-state index in [2.05, 4.69) is 0 Å². The Morgan fingerprint density at radius 2 is 2.11 bits per heavy atom. The molecule has 0 spiro atoms. The van der Waals surface area contributed by atoms with Gasteiger partial charge in [0.25, 0.3) is 5.91 Å². The van der Waals surface area contributed by atoms with Crippen LogP contribution >= 0.6 is 0 Å². The number of rotatable bonds is 3. The summed E-state index contributed by atoms with van der Waals surface area (Å²) >= 11 is 0. The van der Waals surface area contributed by atoms with Gasteiger partial charge in [-0.05, 0) is 19.4 Å². The van der Waals surface area contributed by atoms with E-state index in [1.807, 2.05) is 4.90 Å². The maximum absolute atomic E-state index is 12.2. The van der Waals surface area contributed by atoms with Crippen LogP contribution in [-0.4, -0.2) is 59.5 Å². The van der Waals surface area contributed by atoms with Crippen LogP contribution < -0.4 is 0 Å². The minimum absolute atomic E-state index is 0.0346. The zero-order valence-electron chi connectivity index (χ0n) is 11.0. The Hall–Kier alpha value is -1.82. The van der Waals surface area contributed by atoms with Gasteiger partial charge in [0.05, 0.1) is 12.1 Å². The SMILES string of the molecule is Cc1cc(C(=O)N2CCCN(CC(=O)O)CC2)co1. The van der Waals surface area contributed by atoms with Crippen molar-refractivity contribution in [2.24, 2.45) is 0 Å². The lowest BCUT2D eigenvalue weighted by Crippen LogP contribution is -2.36. The number of hydrogen-bond donors (Lipinski definition) is 1. The van der Waals surface area contributed by atoms with Crippen molar-refractivity contribution in [1.29, 1.82) is 0 Å². The maximum atomic E-state index is 12.2. The molecule has 19 heavy (non-hydrogen) atoms. The van der Waals surface area contributed by atoms with Crippen molar-refractivity contribution in [3.63, 3.8) is 0 Å². The van der Waals surface area contributed by atoms with Crippen molar-refractivity contribution in [2.45, 2.75) is 13.3 Å². The molecule has 6 heteroatoms. The highest BCUT2D eigenvalue weighted by Gasteiger charge is 2.22. The molecule has 1 aromatic rings. The number of carbonyl (C=O) groups excluding carboxylic acids is 1. The Morgan fingerprint density at radius 3 is 2.74 bits per heavy atom. The van der Waals surface area contributed by atoms with Gasteiger partial charge < -0.3 is 14.4 Å².